The van der Waals surface area contributed by atoms with Gasteiger partial charge in [-0.1, -0.05) is 30.3 Å². The van der Waals surface area contributed by atoms with Gasteiger partial charge >= 0.3 is 5.97 Å². The van der Waals surface area contributed by atoms with Crippen LogP contribution in [0.2, 0.25) is 0 Å². The molecule has 4 nitrogen and oxygen atoms in total. The fraction of sp³-hybridized carbons (Fsp3) is 0.143. The van der Waals surface area contributed by atoms with E-state index < -0.39 is 5.97 Å². The Morgan fingerprint density at radius 3 is 2.75 bits per heavy atom. The first kappa shape index (κ1) is 14.4. The maximum Gasteiger partial charge on any atom is 0.350 e. The average molecular weight is 304 g/mol. The first-order valence-electron chi connectivity index (χ1n) is 5.74. The zero-order chi connectivity index (χ0) is 14.5. The van der Waals surface area contributed by atoms with Crippen molar-refractivity contribution in [2.24, 2.45) is 0 Å². The van der Waals surface area contributed by atoms with Crippen LogP contribution >= 0.6 is 23.1 Å². The van der Waals surface area contributed by atoms with E-state index >= 15 is 0 Å². The second kappa shape index (κ2) is 6.46. The summed E-state index contributed by atoms with van der Waals surface area (Å²) >= 11 is 2.70. The van der Waals surface area contributed by atoms with Crippen LogP contribution in [0.3, 0.4) is 0 Å². The van der Waals surface area contributed by atoms with Gasteiger partial charge in [0.05, 0.1) is 17.0 Å². The number of carbonyl (C=O) groups excluding carboxylic acids is 1. The molecule has 0 aliphatic rings. The number of esters is 1. The number of thioether (sulfide) groups is 1. The van der Waals surface area contributed by atoms with E-state index in [0.29, 0.717) is 10.4 Å². The Balaban J connectivity index is 2.24. The number of nitriles is 1. The molecule has 0 saturated heterocycles. The van der Waals surface area contributed by atoms with Crippen molar-refractivity contribution in [1.29, 1.82) is 5.26 Å². The van der Waals surface area contributed by atoms with Crippen molar-refractivity contribution >= 4 is 34.8 Å². The number of anilines is 1. The third-order valence-corrected chi connectivity index (χ3v) is 5.14. The molecule has 0 aliphatic carbocycles. The largest absolute Gasteiger partial charge is 0.465 e. The lowest BCUT2D eigenvalue weighted by Crippen LogP contribution is -2.02. The van der Waals surface area contributed by atoms with Crippen LogP contribution in [0.1, 0.15) is 20.8 Å². The Bertz CT molecular complexity index is 660. The molecule has 0 fully saturated rings. The van der Waals surface area contributed by atoms with Crippen LogP contribution in [0.15, 0.2) is 34.5 Å². The number of hydrogen-bond acceptors (Lipinski definition) is 6. The van der Waals surface area contributed by atoms with Gasteiger partial charge in [0.1, 0.15) is 16.5 Å². The second-order valence-corrected chi connectivity index (χ2v) is 6.15. The summed E-state index contributed by atoms with van der Waals surface area (Å²) in [5.41, 5.74) is 7.55. The third-order valence-electron chi connectivity index (χ3n) is 2.61. The molecule has 0 spiro atoms. The Morgan fingerprint density at radius 2 is 2.15 bits per heavy atom. The quantitative estimate of drug-likeness (QED) is 0.693. The van der Waals surface area contributed by atoms with Crippen molar-refractivity contribution in [1.82, 2.24) is 0 Å². The molecular weight excluding hydrogens is 292 g/mol. The van der Waals surface area contributed by atoms with E-state index in [-0.39, 0.29) is 5.69 Å². The van der Waals surface area contributed by atoms with Gasteiger partial charge in [0, 0.05) is 5.75 Å². The summed E-state index contributed by atoms with van der Waals surface area (Å²) in [7, 11) is 1.30. The van der Waals surface area contributed by atoms with Crippen LogP contribution in [0.5, 0.6) is 0 Å². The van der Waals surface area contributed by atoms with Gasteiger partial charge in [-0.15, -0.1) is 23.1 Å². The molecule has 1 aromatic heterocycles. The Morgan fingerprint density at radius 1 is 1.45 bits per heavy atom. The summed E-state index contributed by atoms with van der Waals surface area (Å²) < 4.78 is 5.41. The Kier molecular flexibility index (Phi) is 4.66. The Labute approximate surface area is 125 Å². The standard InChI is InChI=1S/C14H12N2O2S2/c1-18-13(17)12-11(16)10(7-15)14(20-12)19-8-9-5-3-2-4-6-9/h2-6H,8,16H2,1H3. The molecule has 0 atom stereocenters. The zero-order valence-corrected chi connectivity index (χ0v) is 12.4. The molecule has 1 heterocycles. The maximum absolute atomic E-state index is 11.6. The van der Waals surface area contributed by atoms with E-state index in [2.05, 4.69) is 10.8 Å². The van der Waals surface area contributed by atoms with Crippen molar-refractivity contribution in [2.75, 3.05) is 12.8 Å². The van der Waals surface area contributed by atoms with E-state index in [1.165, 1.54) is 30.2 Å². The number of hydrogen-bond donors (Lipinski definition) is 1. The zero-order valence-electron chi connectivity index (χ0n) is 10.8. The van der Waals surface area contributed by atoms with Crippen LogP contribution in [-0.4, -0.2) is 13.1 Å². The first-order chi connectivity index (χ1) is 9.67. The SMILES string of the molecule is COC(=O)c1sc(SCc2ccccc2)c(C#N)c1N. The molecule has 1 aromatic carbocycles. The number of thiophene rings is 1. The molecule has 102 valence electrons. The summed E-state index contributed by atoms with van der Waals surface area (Å²) in [6.45, 7) is 0. The molecule has 0 amide bonds. The third kappa shape index (κ3) is 2.95. The van der Waals surface area contributed by atoms with Crippen LogP contribution in [-0.2, 0) is 10.5 Å². The van der Waals surface area contributed by atoms with Crippen molar-refractivity contribution in [3.05, 3.63) is 46.3 Å². The summed E-state index contributed by atoms with van der Waals surface area (Å²) in [5.74, 6) is 0.214. The minimum Gasteiger partial charge on any atom is -0.465 e. The van der Waals surface area contributed by atoms with Gasteiger partial charge in [0.15, 0.2) is 0 Å². The molecule has 0 radical (unpaired) electrons. The highest BCUT2D eigenvalue weighted by Crippen LogP contribution is 2.39. The van der Waals surface area contributed by atoms with Gasteiger partial charge in [-0.2, -0.15) is 5.26 Å². The van der Waals surface area contributed by atoms with Gasteiger partial charge in [-0.05, 0) is 5.56 Å². The molecule has 0 aliphatic heterocycles. The van der Waals surface area contributed by atoms with E-state index in [1.807, 2.05) is 30.3 Å². The van der Waals surface area contributed by atoms with E-state index in [9.17, 15) is 10.1 Å². The number of nitrogen functional groups attached to an aromatic ring is 1. The minimum absolute atomic E-state index is 0.208. The summed E-state index contributed by atoms with van der Waals surface area (Å²) in [6.07, 6.45) is 0. The molecule has 6 heteroatoms. The lowest BCUT2D eigenvalue weighted by molar-refractivity contribution is 0.0607. The maximum atomic E-state index is 11.6. The van der Waals surface area contributed by atoms with Crippen molar-refractivity contribution in [2.45, 2.75) is 9.96 Å². The van der Waals surface area contributed by atoms with Crippen LogP contribution < -0.4 is 5.73 Å². The van der Waals surface area contributed by atoms with Crippen molar-refractivity contribution in [3.63, 3.8) is 0 Å². The monoisotopic (exact) mass is 304 g/mol. The molecule has 2 rings (SSSR count). The number of methoxy groups -OCH3 is 1. The molecule has 2 aromatic rings. The smallest absolute Gasteiger partial charge is 0.350 e. The molecule has 0 bridgehead atoms. The van der Waals surface area contributed by atoms with Crippen molar-refractivity contribution in [3.8, 4) is 6.07 Å². The number of nitrogens with zero attached hydrogens (tertiary/aromatic N) is 1. The number of rotatable bonds is 4. The van der Waals surface area contributed by atoms with Gasteiger partial charge in [-0.25, -0.2) is 4.79 Å². The fourth-order valence-corrected chi connectivity index (χ4v) is 3.87. The van der Waals surface area contributed by atoms with Gasteiger partial charge in [-0.3, -0.25) is 0 Å². The lowest BCUT2D eigenvalue weighted by atomic mass is 10.2. The summed E-state index contributed by atoms with van der Waals surface area (Å²) in [6, 6.07) is 12.0. The van der Waals surface area contributed by atoms with Gasteiger partial charge in [0.25, 0.3) is 0 Å². The molecule has 20 heavy (non-hydrogen) atoms. The van der Waals surface area contributed by atoms with Gasteiger partial charge in [0.2, 0.25) is 0 Å². The van der Waals surface area contributed by atoms with Gasteiger partial charge < -0.3 is 10.5 Å². The highest BCUT2D eigenvalue weighted by molar-refractivity contribution is 8.00. The van der Waals surface area contributed by atoms with Crippen LogP contribution in [0, 0.1) is 11.3 Å². The van der Waals surface area contributed by atoms with E-state index in [1.54, 1.807) is 0 Å². The van der Waals surface area contributed by atoms with Crippen LogP contribution in [0.4, 0.5) is 5.69 Å². The highest BCUT2D eigenvalue weighted by Gasteiger charge is 2.21. The topological polar surface area (TPSA) is 76.1 Å². The van der Waals surface area contributed by atoms with E-state index in [4.69, 9.17) is 5.73 Å². The summed E-state index contributed by atoms with van der Waals surface area (Å²) in [5, 5.41) is 9.18. The molecule has 0 saturated carbocycles. The van der Waals surface area contributed by atoms with E-state index in [0.717, 1.165) is 15.5 Å². The predicted molar refractivity (Wildman–Crippen MR) is 80.8 cm³/mol. The minimum atomic E-state index is -0.504. The lowest BCUT2D eigenvalue weighted by Gasteiger charge is -1.99. The second-order valence-electron chi connectivity index (χ2n) is 3.88. The first-order valence-corrected chi connectivity index (χ1v) is 7.55. The molecule has 0 unspecified atom stereocenters. The number of ether oxygens (including phenoxy) is 1. The average Bonchev–Trinajstić information content (AvgIpc) is 2.81. The molecular formula is C14H12N2O2S2. The van der Waals surface area contributed by atoms with Crippen LogP contribution in [0.25, 0.3) is 0 Å². The van der Waals surface area contributed by atoms with Crippen molar-refractivity contribution < 1.29 is 9.53 Å². The number of benzene rings is 1. The normalized spacial score (nSPS) is 10.0. The highest BCUT2D eigenvalue weighted by atomic mass is 32.2. The molecule has 2 N–H and O–H groups in total. The number of carbonyl (C=O) groups is 1. The summed E-state index contributed by atoms with van der Waals surface area (Å²) in [4.78, 5) is 11.9. The fourth-order valence-electron chi connectivity index (χ4n) is 1.60. The number of nitrogens with two attached hydrogens (primary N) is 1. The Hall–Kier alpha value is -1.97. The predicted octanol–water partition coefficient (Wildman–Crippen LogP) is 3.28.